The second-order valence-corrected chi connectivity index (χ2v) is 8.07. The molecule has 5 rings (SSSR count). The number of hydrogen-bond acceptors (Lipinski definition) is 5. The van der Waals surface area contributed by atoms with Crippen molar-refractivity contribution in [1.82, 2.24) is 29.4 Å². The molecule has 8 nitrogen and oxygen atoms in total. The Bertz CT molecular complexity index is 1000. The van der Waals surface area contributed by atoms with E-state index in [-0.39, 0.29) is 11.9 Å². The van der Waals surface area contributed by atoms with Crippen LogP contribution in [-0.2, 0) is 0 Å². The summed E-state index contributed by atoms with van der Waals surface area (Å²) in [6, 6.07) is 7.48. The Morgan fingerprint density at radius 1 is 1.10 bits per heavy atom. The Morgan fingerprint density at radius 2 is 1.93 bits per heavy atom. The zero-order valence-electron chi connectivity index (χ0n) is 16.3. The summed E-state index contributed by atoms with van der Waals surface area (Å²) in [7, 11) is 0. The van der Waals surface area contributed by atoms with E-state index in [4.69, 9.17) is 0 Å². The second kappa shape index (κ2) is 7.11. The van der Waals surface area contributed by atoms with Gasteiger partial charge in [-0.25, -0.2) is 9.67 Å². The predicted molar refractivity (Wildman–Crippen MR) is 105 cm³/mol. The minimum Gasteiger partial charge on any atom is -0.391 e. The molecule has 1 amide bonds. The number of aliphatic hydroxyl groups is 1. The zero-order chi connectivity index (χ0) is 20.0. The van der Waals surface area contributed by atoms with E-state index < -0.39 is 6.10 Å². The molecule has 1 saturated carbocycles. The summed E-state index contributed by atoms with van der Waals surface area (Å²) >= 11 is 0. The van der Waals surface area contributed by atoms with E-state index >= 15 is 0 Å². The predicted octanol–water partition coefficient (Wildman–Crippen LogP) is 1.86. The molecule has 4 atom stereocenters. The summed E-state index contributed by atoms with van der Waals surface area (Å²) in [6.07, 6.45) is 8.10. The quantitative estimate of drug-likeness (QED) is 0.735. The van der Waals surface area contributed by atoms with Crippen LogP contribution in [-0.4, -0.2) is 59.7 Å². The van der Waals surface area contributed by atoms with Crippen LogP contribution in [0.15, 0.2) is 49.1 Å². The van der Waals surface area contributed by atoms with Gasteiger partial charge in [0.2, 0.25) is 0 Å². The van der Waals surface area contributed by atoms with Crippen LogP contribution in [0, 0.1) is 18.8 Å². The Kier molecular flexibility index (Phi) is 4.43. The maximum atomic E-state index is 13.2. The average Bonchev–Trinajstić information content (AvgIpc) is 3.47. The van der Waals surface area contributed by atoms with Crippen molar-refractivity contribution >= 4 is 5.91 Å². The van der Waals surface area contributed by atoms with Crippen molar-refractivity contribution in [3.63, 3.8) is 0 Å². The van der Waals surface area contributed by atoms with E-state index in [1.807, 2.05) is 47.0 Å². The van der Waals surface area contributed by atoms with Gasteiger partial charge in [-0.15, -0.1) is 0 Å². The van der Waals surface area contributed by atoms with Crippen molar-refractivity contribution in [2.75, 3.05) is 13.1 Å². The maximum Gasteiger partial charge on any atom is 0.257 e. The first-order valence-electron chi connectivity index (χ1n) is 10.0. The molecule has 3 aromatic rings. The van der Waals surface area contributed by atoms with Crippen molar-refractivity contribution in [3.05, 3.63) is 60.3 Å². The summed E-state index contributed by atoms with van der Waals surface area (Å²) in [6.45, 7) is 3.29. The van der Waals surface area contributed by atoms with Crippen LogP contribution in [0.5, 0.6) is 0 Å². The van der Waals surface area contributed by atoms with E-state index in [0.717, 1.165) is 12.1 Å². The molecule has 0 aromatic carbocycles. The standard InChI is InChI=1S/C21H24N6O2/c1-14-17(11-24-27(14)20-5-2-3-6-22-20)21(29)25-12-15-9-18(26-8-4-7-23-26)19(28)10-16(15)13-25/h2-8,11,15-16,18-19,28H,9-10,12-13H2,1H3/t15-,16+,18-,19-/m1/s1. The molecule has 150 valence electrons. The molecule has 29 heavy (non-hydrogen) atoms. The molecule has 0 bridgehead atoms. The first-order valence-corrected chi connectivity index (χ1v) is 10.0. The van der Waals surface area contributed by atoms with E-state index in [9.17, 15) is 9.90 Å². The van der Waals surface area contributed by atoms with Crippen molar-refractivity contribution in [1.29, 1.82) is 0 Å². The van der Waals surface area contributed by atoms with Gasteiger partial charge in [0.1, 0.15) is 0 Å². The molecule has 8 heteroatoms. The lowest BCUT2D eigenvalue weighted by Gasteiger charge is -2.35. The molecule has 1 N–H and O–H groups in total. The minimum absolute atomic E-state index is 0.00390. The van der Waals surface area contributed by atoms with Crippen LogP contribution in [0.1, 0.15) is 34.9 Å². The number of carbonyl (C=O) groups excluding carboxylic acids is 1. The highest BCUT2D eigenvalue weighted by molar-refractivity contribution is 5.95. The van der Waals surface area contributed by atoms with Crippen molar-refractivity contribution < 1.29 is 9.90 Å². The molecular weight excluding hydrogens is 368 g/mol. The number of aromatic nitrogens is 5. The van der Waals surface area contributed by atoms with Crippen LogP contribution in [0.3, 0.4) is 0 Å². The first-order chi connectivity index (χ1) is 14.1. The van der Waals surface area contributed by atoms with E-state index in [2.05, 4.69) is 15.2 Å². The fourth-order valence-electron chi connectivity index (χ4n) is 4.83. The molecule has 0 radical (unpaired) electrons. The highest BCUT2D eigenvalue weighted by Crippen LogP contribution is 2.41. The number of rotatable bonds is 3. The van der Waals surface area contributed by atoms with Gasteiger partial charge in [-0.3, -0.25) is 9.48 Å². The normalized spacial score (nSPS) is 26.5. The number of nitrogens with zero attached hydrogens (tertiary/aromatic N) is 6. The fraction of sp³-hybridized carbons (Fsp3) is 0.429. The van der Waals surface area contributed by atoms with Gasteiger partial charge in [0.15, 0.2) is 5.82 Å². The molecule has 4 heterocycles. The van der Waals surface area contributed by atoms with Gasteiger partial charge < -0.3 is 10.0 Å². The van der Waals surface area contributed by atoms with Crippen LogP contribution in [0.4, 0.5) is 0 Å². The lowest BCUT2D eigenvalue weighted by atomic mass is 9.77. The molecule has 1 aliphatic heterocycles. The Hall–Kier alpha value is -3.00. The van der Waals surface area contributed by atoms with E-state index in [1.165, 1.54) is 0 Å². The molecular formula is C21H24N6O2. The topological polar surface area (TPSA) is 89.1 Å². The molecule has 3 aromatic heterocycles. The van der Waals surface area contributed by atoms with Gasteiger partial charge in [-0.2, -0.15) is 10.2 Å². The van der Waals surface area contributed by atoms with E-state index in [0.29, 0.717) is 42.7 Å². The van der Waals surface area contributed by atoms with Gasteiger partial charge in [0.05, 0.1) is 29.6 Å². The number of amides is 1. The third-order valence-corrected chi connectivity index (χ3v) is 6.37. The number of pyridine rings is 1. The molecule has 1 aliphatic carbocycles. The van der Waals surface area contributed by atoms with Gasteiger partial charge in [0.25, 0.3) is 5.91 Å². The van der Waals surface area contributed by atoms with Crippen molar-refractivity contribution in [2.45, 2.75) is 31.9 Å². The molecule has 0 unspecified atom stereocenters. The van der Waals surface area contributed by atoms with Crippen LogP contribution >= 0.6 is 0 Å². The lowest BCUT2D eigenvalue weighted by molar-refractivity contribution is 0.0306. The average molecular weight is 392 g/mol. The van der Waals surface area contributed by atoms with Crippen molar-refractivity contribution in [3.8, 4) is 5.82 Å². The number of aliphatic hydroxyl groups excluding tert-OH is 1. The van der Waals surface area contributed by atoms with Crippen LogP contribution in [0.25, 0.3) is 5.82 Å². The highest BCUT2D eigenvalue weighted by atomic mass is 16.3. The Morgan fingerprint density at radius 3 is 2.66 bits per heavy atom. The Balaban J connectivity index is 1.33. The lowest BCUT2D eigenvalue weighted by Crippen LogP contribution is -2.36. The number of likely N-dealkylation sites (tertiary alicyclic amines) is 1. The molecule has 2 aliphatic rings. The monoisotopic (exact) mass is 392 g/mol. The SMILES string of the molecule is Cc1c(C(=O)N2C[C@H]3C[C@@H](n4cccn4)[C@H](O)C[C@H]3C2)cnn1-c1ccccn1. The first kappa shape index (κ1) is 18.1. The van der Waals surface area contributed by atoms with Crippen LogP contribution in [0.2, 0.25) is 0 Å². The van der Waals surface area contributed by atoms with E-state index in [1.54, 1.807) is 23.3 Å². The highest BCUT2D eigenvalue weighted by Gasteiger charge is 2.44. The zero-order valence-corrected chi connectivity index (χ0v) is 16.3. The van der Waals surface area contributed by atoms with Gasteiger partial charge in [0, 0.05) is 31.7 Å². The summed E-state index contributed by atoms with van der Waals surface area (Å²) in [5, 5.41) is 19.3. The maximum absolute atomic E-state index is 13.2. The number of hydrogen-bond donors (Lipinski definition) is 1. The summed E-state index contributed by atoms with van der Waals surface area (Å²) in [4.78, 5) is 19.5. The molecule has 1 saturated heterocycles. The largest absolute Gasteiger partial charge is 0.391 e. The third-order valence-electron chi connectivity index (χ3n) is 6.37. The minimum atomic E-state index is -0.431. The Labute approximate surface area is 168 Å². The summed E-state index contributed by atoms with van der Waals surface area (Å²) < 4.78 is 3.56. The fourth-order valence-corrected chi connectivity index (χ4v) is 4.83. The summed E-state index contributed by atoms with van der Waals surface area (Å²) in [5.74, 6) is 1.41. The molecule has 0 spiro atoms. The van der Waals surface area contributed by atoms with Crippen LogP contribution < -0.4 is 0 Å². The second-order valence-electron chi connectivity index (χ2n) is 8.07. The number of carbonyl (C=O) groups is 1. The smallest absolute Gasteiger partial charge is 0.257 e. The molecule has 2 fully saturated rings. The van der Waals surface area contributed by atoms with Gasteiger partial charge in [-0.1, -0.05) is 6.07 Å². The third kappa shape index (κ3) is 3.13. The summed E-state index contributed by atoms with van der Waals surface area (Å²) in [5.41, 5.74) is 1.40. The van der Waals surface area contributed by atoms with Gasteiger partial charge in [-0.05, 0) is 49.8 Å². The number of fused-ring (bicyclic) bond motifs is 1. The van der Waals surface area contributed by atoms with Gasteiger partial charge >= 0.3 is 0 Å². The van der Waals surface area contributed by atoms with Crippen molar-refractivity contribution in [2.24, 2.45) is 11.8 Å².